The van der Waals surface area contributed by atoms with Crippen LogP contribution in [0.5, 0.6) is 0 Å². The van der Waals surface area contributed by atoms with Crippen molar-refractivity contribution < 1.29 is 15.0 Å². The van der Waals surface area contributed by atoms with E-state index in [9.17, 15) is 4.79 Å². The van der Waals surface area contributed by atoms with Gasteiger partial charge in [-0.2, -0.15) is 0 Å². The molecule has 5 heteroatoms. The lowest BCUT2D eigenvalue weighted by molar-refractivity contribution is 0.0696. The smallest absolute Gasteiger partial charge is 0.335 e. The Bertz CT molecular complexity index is 375. The molecule has 0 aromatic carbocycles. The van der Waals surface area contributed by atoms with E-state index in [0.29, 0.717) is 18.7 Å². The molecule has 1 aromatic heterocycles. The summed E-state index contributed by atoms with van der Waals surface area (Å²) >= 11 is 0. The average Bonchev–Trinajstić information content (AvgIpc) is 2.16. The molecule has 1 fully saturated rings. The number of aliphatic hydroxyl groups is 1. The van der Waals surface area contributed by atoms with E-state index in [4.69, 9.17) is 10.2 Å². The van der Waals surface area contributed by atoms with Gasteiger partial charge in [-0.25, -0.2) is 9.78 Å². The maximum Gasteiger partial charge on any atom is 0.335 e. The van der Waals surface area contributed by atoms with Crippen molar-refractivity contribution in [3.63, 3.8) is 0 Å². The number of nitrogens with zero attached hydrogens (tertiary/aromatic N) is 1. The summed E-state index contributed by atoms with van der Waals surface area (Å²) < 4.78 is 0. The lowest BCUT2D eigenvalue weighted by atomic mass is 9.89. The van der Waals surface area contributed by atoms with Crippen LogP contribution in [0.3, 0.4) is 0 Å². The van der Waals surface area contributed by atoms with Crippen molar-refractivity contribution in [1.29, 1.82) is 0 Å². The van der Waals surface area contributed by atoms with Gasteiger partial charge in [-0.05, 0) is 25.0 Å². The van der Waals surface area contributed by atoms with E-state index in [2.05, 4.69) is 10.3 Å². The minimum absolute atomic E-state index is 0.205. The molecular formula is C10H12N2O3. The first-order valence-corrected chi connectivity index (χ1v) is 4.79. The summed E-state index contributed by atoms with van der Waals surface area (Å²) in [6, 6.07) is 3.15. The molecule has 1 aliphatic carbocycles. The molecule has 0 atom stereocenters. The molecular weight excluding hydrogens is 196 g/mol. The molecule has 2 rings (SSSR count). The Kier molecular flexibility index (Phi) is 2.55. The Morgan fingerprint density at radius 3 is 2.87 bits per heavy atom. The highest BCUT2D eigenvalue weighted by Gasteiger charge is 2.27. The monoisotopic (exact) mass is 208 g/mol. The van der Waals surface area contributed by atoms with Crippen molar-refractivity contribution in [3.05, 3.63) is 23.9 Å². The lowest BCUT2D eigenvalue weighted by Crippen LogP contribution is -2.39. The lowest BCUT2D eigenvalue weighted by Gasteiger charge is -2.32. The SMILES string of the molecule is O=C(O)c1ccnc(NC2CC(O)C2)c1. The molecule has 0 bridgehead atoms. The molecule has 1 aromatic rings. The van der Waals surface area contributed by atoms with Crippen molar-refractivity contribution in [2.75, 3.05) is 5.32 Å². The number of pyridine rings is 1. The second-order valence-electron chi connectivity index (χ2n) is 3.70. The summed E-state index contributed by atoms with van der Waals surface area (Å²) in [6.45, 7) is 0. The van der Waals surface area contributed by atoms with Crippen molar-refractivity contribution in [1.82, 2.24) is 4.98 Å². The van der Waals surface area contributed by atoms with E-state index in [1.54, 1.807) is 0 Å². The van der Waals surface area contributed by atoms with Crippen molar-refractivity contribution in [2.45, 2.75) is 25.0 Å². The van der Waals surface area contributed by atoms with Crippen LogP contribution in [0.2, 0.25) is 0 Å². The second kappa shape index (κ2) is 3.86. The Morgan fingerprint density at radius 2 is 2.27 bits per heavy atom. The number of rotatable bonds is 3. The maximum atomic E-state index is 10.7. The molecule has 1 heterocycles. The van der Waals surface area contributed by atoms with Gasteiger partial charge in [0.15, 0.2) is 0 Å². The van der Waals surface area contributed by atoms with E-state index < -0.39 is 5.97 Å². The molecule has 0 amide bonds. The average molecular weight is 208 g/mol. The standard InChI is InChI=1S/C10H12N2O3/c13-8-4-7(5-8)12-9-3-6(10(14)15)1-2-11-9/h1-3,7-8,13H,4-5H2,(H,11,12)(H,14,15). The van der Waals surface area contributed by atoms with Crippen LogP contribution in [0.15, 0.2) is 18.3 Å². The molecule has 80 valence electrons. The van der Waals surface area contributed by atoms with Gasteiger partial charge in [0.1, 0.15) is 5.82 Å². The Morgan fingerprint density at radius 1 is 1.53 bits per heavy atom. The summed E-state index contributed by atoms with van der Waals surface area (Å²) in [5.74, 6) is -0.416. The minimum atomic E-state index is -0.964. The van der Waals surface area contributed by atoms with Crippen LogP contribution in [0.4, 0.5) is 5.82 Å². The van der Waals surface area contributed by atoms with Gasteiger partial charge >= 0.3 is 5.97 Å². The summed E-state index contributed by atoms with van der Waals surface area (Å²) in [4.78, 5) is 14.7. The predicted molar refractivity (Wildman–Crippen MR) is 53.8 cm³/mol. The summed E-state index contributed by atoms with van der Waals surface area (Å²) in [5, 5.41) is 20.9. The maximum absolute atomic E-state index is 10.7. The van der Waals surface area contributed by atoms with Gasteiger partial charge in [0.2, 0.25) is 0 Å². The van der Waals surface area contributed by atoms with E-state index in [1.807, 2.05) is 0 Å². The number of hydrogen-bond acceptors (Lipinski definition) is 4. The highest BCUT2D eigenvalue weighted by atomic mass is 16.4. The van der Waals surface area contributed by atoms with Gasteiger partial charge < -0.3 is 15.5 Å². The van der Waals surface area contributed by atoms with E-state index >= 15 is 0 Å². The van der Waals surface area contributed by atoms with Gasteiger partial charge in [-0.15, -0.1) is 0 Å². The Balaban J connectivity index is 2.02. The Labute approximate surface area is 86.8 Å². The van der Waals surface area contributed by atoms with Crippen LogP contribution < -0.4 is 5.32 Å². The third kappa shape index (κ3) is 2.24. The zero-order valence-corrected chi connectivity index (χ0v) is 8.05. The second-order valence-corrected chi connectivity index (χ2v) is 3.70. The minimum Gasteiger partial charge on any atom is -0.478 e. The molecule has 0 aliphatic heterocycles. The predicted octanol–water partition coefficient (Wildman–Crippen LogP) is 0.715. The van der Waals surface area contributed by atoms with E-state index in [0.717, 1.165) is 0 Å². The third-order valence-corrected chi connectivity index (χ3v) is 2.47. The number of carboxylic acids is 1. The van der Waals surface area contributed by atoms with Gasteiger partial charge in [0, 0.05) is 12.2 Å². The molecule has 1 saturated carbocycles. The number of hydrogen-bond donors (Lipinski definition) is 3. The summed E-state index contributed by atoms with van der Waals surface area (Å²) in [6.07, 6.45) is 2.61. The largest absolute Gasteiger partial charge is 0.478 e. The fourth-order valence-electron chi connectivity index (χ4n) is 1.56. The molecule has 0 radical (unpaired) electrons. The van der Waals surface area contributed by atoms with Crippen LogP contribution in [0.25, 0.3) is 0 Å². The topological polar surface area (TPSA) is 82.5 Å². The highest BCUT2D eigenvalue weighted by Crippen LogP contribution is 2.23. The first kappa shape index (κ1) is 9.92. The first-order valence-electron chi connectivity index (χ1n) is 4.79. The zero-order valence-electron chi connectivity index (χ0n) is 8.05. The van der Waals surface area contributed by atoms with Crippen LogP contribution in [-0.2, 0) is 0 Å². The van der Waals surface area contributed by atoms with Crippen molar-refractivity contribution >= 4 is 11.8 Å². The molecule has 0 saturated heterocycles. The number of carbonyl (C=O) groups is 1. The molecule has 1 aliphatic rings. The van der Waals surface area contributed by atoms with Crippen molar-refractivity contribution in [2.24, 2.45) is 0 Å². The summed E-state index contributed by atoms with van der Waals surface area (Å²) in [7, 11) is 0. The Hall–Kier alpha value is -1.62. The molecule has 3 N–H and O–H groups in total. The fraction of sp³-hybridized carbons (Fsp3) is 0.400. The van der Waals surface area contributed by atoms with E-state index in [1.165, 1.54) is 18.3 Å². The normalized spacial score (nSPS) is 24.3. The third-order valence-electron chi connectivity index (χ3n) is 2.47. The number of anilines is 1. The number of aromatic carboxylic acids is 1. The first-order chi connectivity index (χ1) is 7.15. The molecule has 15 heavy (non-hydrogen) atoms. The van der Waals surface area contributed by atoms with Gasteiger partial charge in [0.25, 0.3) is 0 Å². The summed E-state index contributed by atoms with van der Waals surface area (Å²) in [5.41, 5.74) is 0.215. The zero-order chi connectivity index (χ0) is 10.8. The van der Waals surface area contributed by atoms with Crippen LogP contribution in [-0.4, -0.2) is 33.3 Å². The van der Waals surface area contributed by atoms with Crippen LogP contribution in [0.1, 0.15) is 23.2 Å². The molecule has 5 nitrogen and oxygen atoms in total. The van der Waals surface area contributed by atoms with Gasteiger partial charge in [0.05, 0.1) is 11.7 Å². The van der Waals surface area contributed by atoms with Gasteiger partial charge in [-0.3, -0.25) is 0 Å². The van der Waals surface area contributed by atoms with Gasteiger partial charge in [-0.1, -0.05) is 0 Å². The number of aromatic nitrogens is 1. The highest BCUT2D eigenvalue weighted by molar-refractivity contribution is 5.88. The van der Waals surface area contributed by atoms with E-state index in [-0.39, 0.29) is 17.7 Å². The number of aliphatic hydroxyl groups excluding tert-OH is 1. The van der Waals surface area contributed by atoms with Crippen molar-refractivity contribution in [3.8, 4) is 0 Å². The number of carboxylic acid groups (broad SMARTS) is 1. The quantitative estimate of drug-likeness (QED) is 0.681. The van der Waals surface area contributed by atoms with Crippen LogP contribution >= 0.6 is 0 Å². The molecule has 0 spiro atoms. The van der Waals surface area contributed by atoms with Crippen LogP contribution in [0, 0.1) is 0 Å². The fourth-order valence-corrected chi connectivity index (χ4v) is 1.56. The molecule has 0 unspecified atom stereocenters. The number of nitrogens with one attached hydrogen (secondary N) is 1.